The maximum Gasteiger partial charge on any atom is 0.119 e. The lowest BCUT2D eigenvalue weighted by molar-refractivity contribution is 0.0349. The van der Waals surface area contributed by atoms with Crippen molar-refractivity contribution in [3.8, 4) is 5.75 Å². The highest BCUT2D eigenvalue weighted by atomic mass is 16.5. The van der Waals surface area contributed by atoms with E-state index in [4.69, 9.17) is 9.84 Å². The fourth-order valence-corrected chi connectivity index (χ4v) is 3.28. The normalized spacial score (nSPS) is 20.1. The largest absolute Gasteiger partial charge is 0.491 e. The maximum atomic E-state index is 9.32. The quantitative estimate of drug-likeness (QED) is 0.756. The molecule has 0 spiro atoms. The number of ether oxygens (including phenoxy) is 1. The van der Waals surface area contributed by atoms with Gasteiger partial charge in [0.25, 0.3) is 0 Å². The number of benzene rings is 1. The average Bonchev–Trinajstić information content (AvgIpc) is 2.54. The van der Waals surface area contributed by atoms with Gasteiger partial charge in [0, 0.05) is 44.9 Å². The Bertz CT molecular complexity index is 450. The Balaban J connectivity index is 1.90. The van der Waals surface area contributed by atoms with Gasteiger partial charge in [0.2, 0.25) is 0 Å². The number of hydrogen-bond donors (Lipinski definition) is 2. The Morgan fingerprint density at radius 3 is 2.48 bits per heavy atom. The molecule has 0 bridgehead atoms. The number of rotatable bonds is 8. The smallest absolute Gasteiger partial charge is 0.119 e. The van der Waals surface area contributed by atoms with Gasteiger partial charge in [0.05, 0.1) is 6.61 Å². The van der Waals surface area contributed by atoms with E-state index in [1.54, 1.807) is 0 Å². The lowest BCUT2D eigenvalue weighted by atomic mass is 10.1. The van der Waals surface area contributed by atoms with Gasteiger partial charge in [-0.1, -0.05) is 12.1 Å². The fourth-order valence-electron chi connectivity index (χ4n) is 3.28. The molecule has 1 aliphatic rings. The predicted octanol–water partition coefficient (Wildman–Crippen LogP) is 1.33. The second-order valence-corrected chi connectivity index (χ2v) is 6.45. The van der Waals surface area contributed by atoms with Gasteiger partial charge >= 0.3 is 0 Å². The number of piperazine rings is 1. The standard InChI is InChI=1S/C18H30N2O3/c1-15(2)20-9-8-19(14-17(20)7-10-21)13-16-3-5-18(6-4-16)23-12-11-22/h3-6,15,17,21-22H,7-14H2,1-2H3. The molecule has 2 N–H and O–H groups in total. The molecule has 5 nitrogen and oxygen atoms in total. The molecule has 1 heterocycles. The second-order valence-electron chi connectivity index (χ2n) is 6.45. The highest BCUT2D eigenvalue weighted by molar-refractivity contribution is 5.27. The molecule has 1 aromatic carbocycles. The molecule has 0 radical (unpaired) electrons. The number of aliphatic hydroxyl groups is 2. The van der Waals surface area contributed by atoms with Crippen LogP contribution in [0.15, 0.2) is 24.3 Å². The lowest BCUT2D eigenvalue weighted by Gasteiger charge is -2.43. The van der Waals surface area contributed by atoms with Crippen molar-refractivity contribution in [1.29, 1.82) is 0 Å². The zero-order valence-corrected chi connectivity index (χ0v) is 14.3. The van der Waals surface area contributed by atoms with Crippen LogP contribution in [0.1, 0.15) is 25.8 Å². The molecular weight excluding hydrogens is 292 g/mol. The van der Waals surface area contributed by atoms with Crippen LogP contribution < -0.4 is 4.74 Å². The minimum absolute atomic E-state index is 0.0358. The minimum atomic E-state index is 0.0358. The number of nitrogens with zero attached hydrogens (tertiary/aromatic N) is 2. The first-order valence-electron chi connectivity index (χ1n) is 8.55. The van der Waals surface area contributed by atoms with Crippen LogP contribution in [0.4, 0.5) is 0 Å². The van der Waals surface area contributed by atoms with Crippen LogP contribution in [0.2, 0.25) is 0 Å². The first-order chi connectivity index (χ1) is 11.1. The zero-order valence-electron chi connectivity index (χ0n) is 14.3. The van der Waals surface area contributed by atoms with E-state index >= 15 is 0 Å². The summed E-state index contributed by atoms with van der Waals surface area (Å²) in [6.07, 6.45) is 0.836. The van der Waals surface area contributed by atoms with Crippen LogP contribution in [-0.4, -0.2) is 71.6 Å². The highest BCUT2D eigenvalue weighted by Gasteiger charge is 2.28. The van der Waals surface area contributed by atoms with E-state index in [9.17, 15) is 5.11 Å². The van der Waals surface area contributed by atoms with Crippen LogP contribution in [0.3, 0.4) is 0 Å². The summed E-state index contributed by atoms with van der Waals surface area (Å²) < 4.78 is 5.39. The predicted molar refractivity (Wildman–Crippen MR) is 91.6 cm³/mol. The average molecular weight is 322 g/mol. The van der Waals surface area contributed by atoms with E-state index in [0.717, 1.165) is 38.3 Å². The van der Waals surface area contributed by atoms with Crippen LogP contribution in [0, 0.1) is 0 Å². The van der Waals surface area contributed by atoms with E-state index in [1.807, 2.05) is 12.1 Å². The topological polar surface area (TPSA) is 56.2 Å². The fraction of sp³-hybridized carbons (Fsp3) is 0.667. The Kier molecular flexibility index (Phi) is 7.30. The van der Waals surface area contributed by atoms with E-state index < -0.39 is 0 Å². The highest BCUT2D eigenvalue weighted by Crippen LogP contribution is 2.19. The Labute approximate surface area is 139 Å². The summed E-state index contributed by atoms with van der Waals surface area (Å²) in [6, 6.07) is 9.05. The molecule has 1 aromatic rings. The van der Waals surface area contributed by atoms with Crippen LogP contribution in [0.5, 0.6) is 5.75 Å². The molecule has 5 heteroatoms. The van der Waals surface area contributed by atoms with Gasteiger partial charge < -0.3 is 14.9 Å². The summed E-state index contributed by atoms with van der Waals surface area (Å²) in [4.78, 5) is 4.96. The van der Waals surface area contributed by atoms with Crippen LogP contribution in [-0.2, 0) is 6.54 Å². The van der Waals surface area contributed by atoms with Gasteiger partial charge in [-0.2, -0.15) is 0 Å². The molecule has 0 aromatic heterocycles. The second kappa shape index (κ2) is 9.23. The van der Waals surface area contributed by atoms with Crippen molar-refractivity contribution in [3.05, 3.63) is 29.8 Å². The monoisotopic (exact) mass is 322 g/mol. The number of aliphatic hydroxyl groups excluding tert-OH is 2. The Morgan fingerprint density at radius 2 is 1.87 bits per heavy atom. The van der Waals surface area contributed by atoms with Crippen molar-refractivity contribution in [1.82, 2.24) is 9.80 Å². The van der Waals surface area contributed by atoms with Gasteiger partial charge in [0.1, 0.15) is 12.4 Å². The third kappa shape index (κ3) is 5.46. The molecule has 1 atom stereocenters. The van der Waals surface area contributed by atoms with Crippen molar-refractivity contribution in [3.63, 3.8) is 0 Å². The maximum absolute atomic E-state index is 9.32. The molecule has 0 saturated carbocycles. The summed E-state index contributed by atoms with van der Waals surface area (Å²) in [5, 5.41) is 18.1. The van der Waals surface area contributed by atoms with Crippen molar-refractivity contribution >= 4 is 0 Å². The van der Waals surface area contributed by atoms with Crippen molar-refractivity contribution in [2.75, 3.05) is 39.5 Å². The molecule has 0 aliphatic carbocycles. The van der Waals surface area contributed by atoms with Gasteiger partial charge in [-0.05, 0) is 38.0 Å². The summed E-state index contributed by atoms with van der Waals surface area (Å²) in [7, 11) is 0. The first kappa shape index (κ1) is 18.2. The minimum Gasteiger partial charge on any atom is -0.491 e. The van der Waals surface area contributed by atoms with Gasteiger partial charge in [-0.15, -0.1) is 0 Å². The van der Waals surface area contributed by atoms with Crippen molar-refractivity contribution < 1.29 is 14.9 Å². The van der Waals surface area contributed by atoms with Gasteiger partial charge in [-0.25, -0.2) is 0 Å². The third-order valence-corrected chi connectivity index (χ3v) is 4.43. The molecular formula is C18H30N2O3. The van der Waals surface area contributed by atoms with Crippen LogP contribution in [0.25, 0.3) is 0 Å². The summed E-state index contributed by atoms with van der Waals surface area (Å²) in [5.74, 6) is 0.797. The Hall–Kier alpha value is -1.14. The van der Waals surface area contributed by atoms with E-state index in [-0.39, 0.29) is 13.2 Å². The molecule has 130 valence electrons. The van der Waals surface area contributed by atoms with E-state index in [2.05, 4.69) is 35.8 Å². The molecule has 1 aliphatic heterocycles. The van der Waals surface area contributed by atoms with Gasteiger partial charge in [0.15, 0.2) is 0 Å². The number of hydrogen-bond acceptors (Lipinski definition) is 5. The SMILES string of the molecule is CC(C)N1CCN(Cc2ccc(OCCO)cc2)CC1CCO. The molecule has 1 saturated heterocycles. The molecule has 1 fully saturated rings. The molecule has 0 amide bonds. The zero-order chi connectivity index (χ0) is 16.7. The van der Waals surface area contributed by atoms with Gasteiger partial charge in [-0.3, -0.25) is 9.80 Å². The lowest BCUT2D eigenvalue weighted by Crippen LogP contribution is -2.55. The molecule has 23 heavy (non-hydrogen) atoms. The first-order valence-corrected chi connectivity index (χ1v) is 8.55. The summed E-state index contributed by atoms with van der Waals surface area (Å²) in [6.45, 7) is 9.11. The van der Waals surface area contributed by atoms with Crippen LogP contribution >= 0.6 is 0 Å². The van der Waals surface area contributed by atoms with Crippen molar-refractivity contribution in [2.45, 2.75) is 38.9 Å². The molecule has 2 rings (SSSR count). The van der Waals surface area contributed by atoms with E-state index in [1.165, 1.54) is 5.56 Å². The summed E-state index contributed by atoms with van der Waals surface area (Å²) >= 11 is 0. The van der Waals surface area contributed by atoms with E-state index in [0.29, 0.717) is 18.7 Å². The summed E-state index contributed by atoms with van der Waals surface area (Å²) in [5.41, 5.74) is 1.27. The molecule has 1 unspecified atom stereocenters. The van der Waals surface area contributed by atoms with Crippen molar-refractivity contribution in [2.24, 2.45) is 0 Å². The third-order valence-electron chi connectivity index (χ3n) is 4.43. The Morgan fingerprint density at radius 1 is 1.13 bits per heavy atom.